The Balaban J connectivity index is 2.11. The molecule has 0 spiro atoms. The monoisotopic (exact) mass is 406 g/mol. The third kappa shape index (κ3) is 4.38. The number of ether oxygens (including phenoxy) is 1. The Morgan fingerprint density at radius 2 is 1.73 bits per heavy atom. The lowest BCUT2D eigenvalue weighted by atomic mass is 10.1. The number of carboxylic acid groups (broad SMARTS) is 1. The quantitative estimate of drug-likeness (QED) is 0.639. The maximum atomic E-state index is 12.3. The first kappa shape index (κ1) is 21.2. The SMILES string of the molecule is COc1ccc(-c2ccc(CCC(=O)O)n2-c2ccc(C(=O)N(C)C)cc2C)cc1. The minimum Gasteiger partial charge on any atom is -0.497 e. The zero-order valence-corrected chi connectivity index (χ0v) is 17.7. The molecule has 0 unspecified atom stereocenters. The van der Waals surface area contributed by atoms with Gasteiger partial charge in [0.1, 0.15) is 5.75 Å². The van der Waals surface area contributed by atoms with Gasteiger partial charge in [-0.15, -0.1) is 0 Å². The average molecular weight is 406 g/mol. The molecule has 0 aliphatic carbocycles. The molecule has 156 valence electrons. The van der Waals surface area contributed by atoms with E-state index in [1.54, 1.807) is 26.1 Å². The fourth-order valence-electron chi connectivity index (χ4n) is 3.48. The molecule has 0 saturated carbocycles. The number of aliphatic carboxylic acids is 1. The molecule has 6 heteroatoms. The third-order valence-electron chi connectivity index (χ3n) is 5.03. The summed E-state index contributed by atoms with van der Waals surface area (Å²) in [5, 5.41) is 9.16. The smallest absolute Gasteiger partial charge is 0.303 e. The maximum Gasteiger partial charge on any atom is 0.303 e. The number of carboxylic acids is 1. The highest BCUT2D eigenvalue weighted by Crippen LogP contribution is 2.30. The zero-order chi connectivity index (χ0) is 21.8. The second-order valence-corrected chi connectivity index (χ2v) is 7.37. The summed E-state index contributed by atoms with van der Waals surface area (Å²) in [6.07, 6.45) is 0.450. The highest BCUT2D eigenvalue weighted by Gasteiger charge is 2.16. The number of nitrogens with zero attached hydrogens (tertiary/aromatic N) is 2. The van der Waals surface area contributed by atoms with Crippen molar-refractivity contribution in [3.8, 4) is 22.7 Å². The molecule has 1 N–H and O–H groups in total. The van der Waals surface area contributed by atoms with Crippen LogP contribution in [0.5, 0.6) is 5.75 Å². The molecular formula is C24H26N2O4. The minimum atomic E-state index is -0.836. The molecule has 1 amide bonds. The first-order chi connectivity index (χ1) is 14.3. The molecule has 0 saturated heterocycles. The van der Waals surface area contributed by atoms with Crippen molar-refractivity contribution in [2.75, 3.05) is 21.2 Å². The summed E-state index contributed by atoms with van der Waals surface area (Å²) in [6, 6.07) is 17.3. The molecule has 3 rings (SSSR count). The van der Waals surface area contributed by atoms with Gasteiger partial charge >= 0.3 is 5.97 Å². The number of carbonyl (C=O) groups is 2. The first-order valence-corrected chi connectivity index (χ1v) is 9.71. The van der Waals surface area contributed by atoms with E-state index in [1.807, 2.05) is 61.5 Å². The largest absolute Gasteiger partial charge is 0.497 e. The lowest BCUT2D eigenvalue weighted by Crippen LogP contribution is -2.21. The van der Waals surface area contributed by atoms with Crippen molar-refractivity contribution in [1.29, 1.82) is 0 Å². The highest BCUT2D eigenvalue weighted by atomic mass is 16.5. The first-order valence-electron chi connectivity index (χ1n) is 9.71. The van der Waals surface area contributed by atoms with E-state index in [0.29, 0.717) is 12.0 Å². The van der Waals surface area contributed by atoms with Gasteiger partial charge in [0, 0.05) is 31.0 Å². The summed E-state index contributed by atoms with van der Waals surface area (Å²) in [7, 11) is 5.08. The second-order valence-electron chi connectivity index (χ2n) is 7.37. The lowest BCUT2D eigenvalue weighted by molar-refractivity contribution is -0.136. The van der Waals surface area contributed by atoms with Gasteiger partial charge in [-0.2, -0.15) is 0 Å². The van der Waals surface area contributed by atoms with Crippen molar-refractivity contribution in [3.63, 3.8) is 0 Å². The van der Waals surface area contributed by atoms with Crippen LogP contribution in [-0.4, -0.2) is 47.7 Å². The predicted molar refractivity (Wildman–Crippen MR) is 116 cm³/mol. The van der Waals surface area contributed by atoms with Crippen LogP contribution < -0.4 is 4.74 Å². The molecule has 2 aromatic carbocycles. The molecule has 1 aromatic heterocycles. The standard InChI is InChI=1S/C24H26N2O4/c1-16-15-18(24(29)25(2)3)7-12-21(16)26-19(9-14-23(27)28)8-13-22(26)17-5-10-20(30-4)11-6-17/h5-8,10-13,15H,9,14H2,1-4H3,(H,27,28). The van der Waals surface area contributed by atoms with E-state index in [-0.39, 0.29) is 12.3 Å². The van der Waals surface area contributed by atoms with Gasteiger partial charge in [-0.25, -0.2) is 0 Å². The summed E-state index contributed by atoms with van der Waals surface area (Å²) < 4.78 is 7.33. The Bertz CT molecular complexity index is 1070. The van der Waals surface area contributed by atoms with E-state index in [0.717, 1.165) is 34.0 Å². The average Bonchev–Trinajstić information content (AvgIpc) is 3.15. The van der Waals surface area contributed by atoms with Crippen molar-refractivity contribution < 1.29 is 19.4 Å². The van der Waals surface area contributed by atoms with Crippen LogP contribution in [0.2, 0.25) is 0 Å². The number of hydrogen-bond acceptors (Lipinski definition) is 3. The highest BCUT2D eigenvalue weighted by molar-refractivity contribution is 5.94. The van der Waals surface area contributed by atoms with E-state index < -0.39 is 5.97 Å². The third-order valence-corrected chi connectivity index (χ3v) is 5.03. The molecular weight excluding hydrogens is 380 g/mol. The number of aromatic nitrogens is 1. The summed E-state index contributed by atoms with van der Waals surface area (Å²) in [4.78, 5) is 25.0. The Morgan fingerprint density at radius 3 is 2.30 bits per heavy atom. The van der Waals surface area contributed by atoms with Crippen molar-refractivity contribution in [2.24, 2.45) is 0 Å². The van der Waals surface area contributed by atoms with Gasteiger partial charge in [-0.05, 0) is 79.1 Å². The van der Waals surface area contributed by atoms with Gasteiger partial charge in [0.2, 0.25) is 0 Å². The normalized spacial score (nSPS) is 10.7. The molecule has 0 bridgehead atoms. The van der Waals surface area contributed by atoms with Crippen LogP contribution in [0.4, 0.5) is 0 Å². The van der Waals surface area contributed by atoms with E-state index in [9.17, 15) is 9.59 Å². The lowest BCUT2D eigenvalue weighted by Gasteiger charge is -2.18. The Labute approximate surface area is 176 Å². The maximum absolute atomic E-state index is 12.3. The van der Waals surface area contributed by atoms with E-state index in [1.165, 1.54) is 0 Å². The summed E-state index contributed by atoms with van der Waals surface area (Å²) in [6.45, 7) is 1.96. The molecule has 30 heavy (non-hydrogen) atoms. The number of hydrogen-bond donors (Lipinski definition) is 1. The Hall–Kier alpha value is -3.54. The van der Waals surface area contributed by atoms with Crippen LogP contribution in [0, 0.1) is 6.92 Å². The minimum absolute atomic E-state index is 0.0440. The molecule has 1 heterocycles. The number of methoxy groups -OCH3 is 1. The Morgan fingerprint density at radius 1 is 1.03 bits per heavy atom. The number of amides is 1. The molecule has 0 atom stereocenters. The molecule has 0 aliphatic heterocycles. The topological polar surface area (TPSA) is 71.8 Å². The number of benzene rings is 2. The van der Waals surface area contributed by atoms with Crippen LogP contribution in [0.3, 0.4) is 0 Å². The van der Waals surface area contributed by atoms with Gasteiger partial charge < -0.3 is 19.3 Å². The van der Waals surface area contributed by atoms with Crippen LogP contribution in [0.1, 0.15) is 28.0 Å². The zero-order valence-electron chi connectivity index (χ0n) is 17.7. The van der Waals surface area contributed by atoms with Gasteiger partial charge in [0.25, 0.3) is 5.91 Å². The molecule has 0 radical (unpaired) electrons. The van der Waals surface area contributed by atoms with Crippen molar-refractivity contribution >= 4 is 11.9 Å². The van der Waals surface area contributed by atoms with Crippen molar-refractivity contribution in [3.05, 3.63) is 71.4 Å². The van der Waals surface area contributed by atoms with Crippen molar-refractivity contribution in [1.82, 2.24) is 9.47 Å². The number of rotatable bonds is 7. The Kier molecular flexibility index (Phi) is 6.26. The second kappa shape index (κ2) is 8.86. The fourth-order valence-corrected chi connectivity index (χ4v) is 3.48. The van der Waals surface area contributed by atoms with E-state index in [4.69, 9.17) is 9.84 Å². The molecule has 0 aliphatic rings. The van der Waals surface area contributed by atoms with E-state index in [2.05, 4.69) is 4.57 Å². The fraction of sp³-hybridized carbons (Fsp3) is 0.250. The summed E-state index contributed by atoms with van der Waals surface area (Å²) >= 11 is 0. The van der Waals surface area contributed by atoms with Crippen LogP contribution >= 0.6 is 0 Å². The van der Waals surface area contributed by atoms with Gasteiger partial charge in [-0.3, -0.25) is 9.59 Å². The van der Waals surface area contributed by atoms with Gasteiger partial charge in [-0.1, -0.05) is 0 Å². The molecule has 0 fully saturated rings. The van der Waals surface area contributed by atoms with Gasteiger partial charge in [0.15, 0.2) is 0 Å². The van der Waals surface area contributed by atoms with E-state index >= 15 is 0 Å². The van der Waals surface area contributed by atoms with Crippen LogP contribution in [0.25, 0.3) is 16.9 Å². The molecule has 6 nitrogen and oxygen atoms in total. The summed E-state index contributed by atoms with van der Waals surface area (Å²) in [5.41, 5.74) is 5.31. The van der Waals surface area contributed by atoms with Crippen LogP contribution in [-0.2, 0) is 11.2 Å². The summed E-state index contributed by atoms with van der Waals surface area (Å²) in [5.74, 6) is -0.123. The van der Waals surface area contributed by atoms with Crippen molar-refractivity contribution in [2.45, 2.75) is 19.8 Å². The molecule has 3 aromatic rings. The number of carbonyl (C=O) groups excluding carboxylic acids is 1. The number of aryl methyl sites for hydroxylation is 2. The van der Waals surface area contributed by atoms with Crippen LogP contribution in [0.15, 0.2) is 54.6 Å². The van der Waals surface area contributed by atoms with Gasteiger partial charge in [0.05, 0.1) is 19.2 Å². The predicted octanol–water partition coefficient (Wildman–Crippen LogP) is 4.18.